The molecule has 0 aromatic heterocycles. The molecule has 0 radical (unpaired) electrons. The zero-order valence-corrected chi connectivity index (χ0v) is 14.0. The van der Waals surface area contributed by atoms with Gasteiger partial charge in [0.15, 0.2) is 0 Å². The van der Waals surface area contributed by atoms with Crippen LogP contribution < -0.4 is 4.90 Å². The smallest absolute Gasteiger partial charge is 0.326 e. The number of likely N-dealkylation sites (tertiary alicyclic amines) is 1. The minimum absolute atomic E-state index is 0.182. The van der Waals surface area contributed by atoms with Gasteiger partial charge in [-0.2, -0.15) is 0 Å². The molecule has 1 unspecified atom stereocenters. The largest absolute Gasteiger partial charge is 0.480 e. The van der Waals surface area contributed by atoms with Crippen molar-refractivity contribution in [1.29, 1.82) is 0 Å². The SMILES string of the molecule is Cc1cc(C(=O)N2CCCCC2C(=O)O)ccc1N1CCOCC1. The van der Waals surface area contributed by atoms with Gasteiger partial charge in [0.05, 0.1) is 13.2 Å². The first-order chi connectivity index (χ1) is 11.6. The number of rotatable bonds is 3. The molecule has 0 saturated carbocycles. The van der Waals surface area contributed by atoms with Crippen molar-refractivity contribution in [2.45, 2.75) is 32.2 Å². The van der Waals surface area contributed by atoms with E-state index < -0.39 is 12.0 Å². The lowest BCUT2D eigenvalue weighted by molar-refractivity contribution is -0.143. The zero-order chi connectivity index (χ0) is 17.1. The van der Waals surface area contributed by atoms with Crippen LogP contribution in [0.15, 0.2) is 18.2 Å². The molecule has 0 aliphatic carbocycles. The van der Waals surface area contributed by atoms with Crippen LogP contribution in [-0.4, -0.2) is 60.8 Å². The van der Waals surface area contributed by atoms with Gasteiger partial charge in [0.25, 0.3) is 5.91 Å². The Bertz CT molecular complexity index is 625. The molecule has 2 aliphatic rings. The zero-order valence-electron chi connectivity index (χ0n) is 14.0. The summed E-state index contributed by atoms with van der Waals surface area (Å²) in [6, 6.07) is 4.95. The number of benzene rings is 1. The van der Waals surface area contributed by atoms with Crippen LogP contribution in [0, 0.1) is 6.92 Å². The fourth-order valence-corrected chi connectivity index (χ4v) is 3.54. The van der Waals surface area contributed by atoms with Crippen molar-refractivity contribution >= 4 is 17.6 Å². The molecule has 1 amide bonds. The van der Waals surface area contributed by atoms with Crippen LogP contribution in [0.3, 0.4) is 0 Å². The first-order valence-corrected chi connectivity index (χ1v) is 8.55. The molecular weight excluding hydrogens is 308 g/mol. The van der Waals surface area contributed by atoms with E-state index in [9.17, 15) is 14.7 Å². The Morgan fingerprint density at radius 3 is 2.58 bits per heavy atom. The Morgan fingerprint density at radius 1 is 1.17 bits per heavy atom. The third-order valence-electron chi connectivity index (χ3n) is 4.84. The summed E-state index contributed by atoms with van der Waals surface area (Å²) < 4.78 is 5.38. The normalized spacial score (nSPS) is 21.6. The van der Waals surface area contributed by atoms with Crippen LogP contribution in [0.1, 0.15) is 35.2 Å². The molecule has 0 spiro atoms. The summed E-state index contributed by atoms with van der Waals surface area (Å²) >= 11 is 0. The number of aliphatic carboxylic acids is 1. The lowest BCUT2D eigenvalue weighted by Crippen LogP contribution is -2.48. The molecule has 1 aromatic carbocycles. The highest BCUT2D eigenvalue weighted by molar-refractivity contribution is 5.97. The number of anilines is 1. The van der Waals surface area contributed by atoms with Gasteiger partial charge in [-0.15, -0.1) is 0 Å². The van der Waals surface area contributed by atoms with Crippen LogP contribution in [0.2, 0.25) is 0 Å². The molecule has 2 heterocycles. The van der Waals surface area contributed by atoms with Crippen LogP contribution in [0.5, 0.6) is 0 Å². The molecule has 3 rings (SSSR count). The van der Waals surface area contributed by atoms with Crippen LogP contribution in [0.25, 0.3) is 0 Å². The Labute approximate surface area is 142 Å². The number of morpholine rings is 1. The summed E-state index contributed by atoms with van der Waals surface area (Å²) in [5.41, 5.74) is 2.72. The predicted octanol–water partition coefficient (Wildman–Crippen LogP) is 1.91. The molecule has 24 heavy (non-hydrogen) atoms. The maximum atomic E-state index is 12.8. The molecule has 1 aromatic rings. The van der Waals surface area contributed by atoms with E-state index in [1.807, 2.05) is 25.1 Å². The van der Waals surface area contributed by atoms with Crippen molar-refractivity contribution < 1.29 is 19.4 Å². The number of aryl methyl sites for hydroxylation is 1. The molecular formula is C18H24N2O4. The average Bonchev–Trinajstić information content (AvgIpc) is 2.61. The molecule has 2 aliphatic heterocycles. The van der Waals surface area contributed by atoms with Crippen molar-refractivity contribution in [3.8, 4) is 0 Å². The highest BCUT2D eigenvalue weighted by Gasteiger charge is 2.32. The van der Waals surface area contributed by atoms with E-state index in [0.29, 0.717) is 31.7 Å². The first-order valence-electron chi connectivity index (χ1n) is 8.55. The number of ether oxygens (including phenoxy) is 1. The average molecular weight is 332 g/mol. The van der Waals surface area contributed by atoms with E-state index in [4.69, 9.17) is 4.74 Å². The van der Waals surface area contributed by atoms with Gasteiger partial charge in [0.2, 0.25) is 0 Å². The van der Waals surface area contributed by atoms with E-state index in [1.54, 1.807) is 0 Å². The van der Waals surface area contributed by atoms with E-state index in [2.05, 4.69) is 4.90 Å². The Hall–Kier alpha value is -2.08. The fraction of sp³-hybridized carbons (Fsp3) is 0.556. The first kappa shape index (κ1) is 16.8. The summed E-state index contributed by atoms with van der Waals surface area (Å²) in [6.07, 6.45) is 2.25. The minimum atomic E-state index is -0.912. The number of carboxylic acid groups (broad SMARTS) is 1. The Morgan fingerprint density at radius 2 is 1.92 bits per heavy atom. The number of carbonyl (C=O) groups excluding carboxylic acids is 1. The Kier molecular flexibility index (Phi) is 5.04. The molecule has 6 heteroatoms. The molecule has 0 bridgehead atoms. The number of carbonyl (C=O) groups is 2. The lowest BCUT2D eigenvalue weighted by Gasteiger charge is -2.33. The highest BCUT2D eigenvalue weighted by atomic mass is 16.5. The fourth-order valence-electron chi connectivity index (χ4n) is 3.54. The maximum absolute atomic E-state index is 12.8. The lowest BCUT2D eigenvalue weighted by atomic mass is 10.00. The number of hydrogen-bond donors (Lipinski definition) is 1. The van der Waals surface area contributed by atoms with Crippen molar-refractivity contribution in [2.75, 3.05) is 37.7 Å². The summed E-state index contributed by atoms with van der Waals surface area (Å²) in [6.45, 7) is 5.64. The van der Waals surface area contributed by atoms with Crippen LogP contribution in [-0.2, 0) is 9.53 Å². The predicted molar refractivity (Wildman–Crippen MR) is 90.5 cm³/mol. The van der Waals surface area contributed by atoms with Gasteiger partial charge < -0.3 is 19.6 Å². The number of nitrogens with zero attached hydrogens (tertiary/aromatic N) is 2. The topological polar surface area (TPSA) is 70.1 Å². The van der Waals surface area contributed by atoms with Crippen molar-refractivity contribution in [3.05, 3.63) is 29.3 Å². The molecule has 2 fully saturated rings. The third-order valence-corrected chi connectivity index (χ3v) is 4.84. The van der Waals surface area contributed by atoms with Crippen molar-refractivity contribution in [3.63, 3.8) is 0 Å². The summed E-state index contributed by atoms with van der Waals surface area (Å²) in [4.78, 5) is 28.0. The Balaban J connectivity index is 1.79. The van der Waals surface area contributed by atoms with E-state index in [1.165, 1.54) is 4.90 Å². The maximum Gasteiger partial charge on any atom is 0.326 e. The van der Waals surface area contributed by atoms with Crippen LogP contribution in [0.4, 0.5) is 5.69 Å². The number of hydrogen-bond acceptors (Lipinski definition) is 4. The monoisotopic (exact) mass is 332 g/mol. The van der Waals surface area contributed by atoms with Gasteiger partial charge in [0, 0.05) is 30.9 Å². The van der Waals surface area contributed by atoms with E-state index in [-0.39, 0.29) is 5.91 Å². The van der Waals surface area contributed by atoms with Gasteiger partial charge in [-0.05, 0) is 49.9 Å². The van der Waals surface area contributed by atoms with Gasteiger partial charge in [-0.1, -0.05) is 0 Å². The third kappa shape index (κ3) is 3.38. The minimum Gasteiger partial charge on any atom is -0.480 e. The van der Waals surface area contributed by atoms with Gasteiger partial charge in [0.1, 0.15) is 6.04 Å². The summed E-state index contributed by atoms with van der Waals surface area (Å²) in [5, 5.41) is 9.36. The second-order valence-corrected chi connectivity index (χ2v) is 6.45. The second kappa shape index (κ2) is 7.21. The summed E-state index contributed by atoms with van der Waals surface area (Å²) in [5.74, 6) is -1.09. The number of piperidine rings is 1. The molecule has 130 valence electrons. The molecule has 2 saturated heterocycles. The van der Waals surface area contributed by atoms with E-state index in [0.717, 1.165) is 37.2 Å². The second-order valence-electron chi connectivity index (χ2n) is 6.45. The summed E-state index contributed by atoms with van der Waals surface area (Å²) in [7, 11) is 0. The molecule has 6 nitrogen and oxygen atoms in total. The van der Waals surface area contributed by atoms with E-state index >= 15 is 0 Å². The van der Waals surface area contributed by atoms with Crippen LogP contribution >= 0.6 is 0 Å². The van der Waals surface area contributed by atoms with Gasteiger partial charge in [-0.3, -0.25) is 4.79 Å². The number of carboxylic acids is 1. The highest BCUT2D eigenvalue weighted by Crippen LogP contribution is 2.25. The van der Waals surface area contributed by atoms with Crippen molar-refractivity contribution in [1.82, 2.24) is 4.90 Å². The van der Waals surface area contributed by atoms with Gasteiger partial charge >= 0.3 is 5.97 Å². The quantitative estimate of drug-likeness (QED) is 0.916. The number of amides is 1. The molecule has 1 N–H and O–H groups in total. The molecule has 1 atom stereocenters. The standard InChI is InChI=1S/C18H24N2O4/c1-13-12-14(5-6-15(13)19-8-10-24-11-9-19)17(21)20-7-3-2-4-16(20)18(22)23/h5-6,12,16H,2-4,7-11H2,1H3,(H,22,23). The van der Waals surface area contributed by atoms with Crippen molar-refractivity contribution in [2.24, 2.45) is 0 Å². The van der Waals surface area contributed by atoms with Gasteiger partial charge in [-0.25, -0.2) is 4.79 Å².